The van der Waals surface area contributed by atoms with Gasteiger partial charge in [0.25, 0.3) is 5.91 Å². The van der Waals surface area contributed by atoms with Gasteiger partial charge in [0.2, 0.25) is 0 Å². The Kier molecular flexibility index (Phi) is 8.02. The third-order valence-corrected chi connectivity index (χ3v) is 5.36. The highest BCUT2D eigenvalue weighted by Crippen LogP contribution is 2.38. The Morgan fingerprint density at radius 2 is 2.00 bits per heavy atom. The lowest BCUT2D eigenvalue weighted by molar-refractivity contribution is -0.145. The second kappa shape index (κ2) is 10.7. The number of hydrogen-bond acceptors (Lipinski definition) is 7. The molecule has 2 amide bonds. The highest BCUT2D eigenvalue weighted by Gasteiger charge is 2.43. The summed E-state index contributed by atoms with van der Waals surface area (Å²) in [5, 5.41) is 4.14. The molecule has 1 heterocycles. The molecule has 0 bridgehead atoms. The molecule has 2 atom stereocenters. The number of benzene rings is 1. The molecule has 0 aliphatic heterocycles. The third-order valence-electron chi connectivity index (χ3n) is 5.36. The number of pyridine rings is 1. The summed E-state index contributed by atoms with van der Waals surface area (Å²) in [6.45, 7) is 9.06. The summed E-state index contributed by atoms with van der Waals surface area (Å²) in [4.78, 5) is 43.2. The summed E-state index contributed by atoms with van der Waals surface area (Å²) in [6, 6.07) is 8.87. The monoisotopic (exact) mass is 455 g/mol. The number of rotatable bonds is 9. The van der Waals surface area contributed by atoms with Gasteiger partial charge in [0.1, 0.15) is 5.60 Å². The van der Waals surface area contributed by atoms with Crippen molar-refractivity contribution in [1.29, 1.82) is 0 Å². The fraction of sp³-hybridized carbons (Fsp3) is 0.520. The van der Waals surface area contributed by atoms with Crippen molar-refractivity contribution in [1.82, 2.24) is 15.2 Å². The van der Waals surface area contributed by atoms with Gasteiger partial charge in [-0.1, -0.05) is 6.07 Å². The van der Waals surface area contributed by atoms with E-state index in [2.05, 4.69) is 10.3 Å². The summed E-state index contributed by atoms with van der Waals surface area (Å²) >= 11 is 0. The topological polar surface area (TPSA) is 97.8 Å². The number of nitrogens with zero attached hydrogens (tertiary/aromatic N) is 2. The van der Waals surface area contributed by atoms with Crippen molar-refractivity contribution in [3.05, 3.63) is 42.1 Å². The van der Waals surface area contributed by atoms with Crippen molar-refractivity contribution in [2.45, 2.75) is 46.1 Å². The predicted molar refractivity (Wildman–Crippen MR) is 125 cm³/mol. The second-order valence-corrected chi connectivity index (χ2v) is 9.26. The van der Waals surface area contributed by atoms with Crippen molar-refractivity contribution < 1.29 is 23.9 Å². The van der Waals surface area contributed by atoms with Crippen LogP contribution in [-0.2, 0) is 14.3 Å². The zero-order valence-corrected chi connectivity index (χ0v) is 19.8. The summed E-state index contributed by atoms with van der Waals surface area (Å²) < 4.78 is 10.5. The Bertz CT molecular complexity index is 1000. The van der Waals surface area contributed by atoms with E-state index in [9.17, 15) is 14.4 Å². The van der Waals surface area contributed by atoms with Crippen molar-refractivity contribution in [2.24, 2.45) is 11.8 Å². The van der Waals surface area contributed by atoms with Gasteiger partial charge in [0.05, 0.1) is 18.0 Å². The highest BCUT2D eigenvalue weighted by molar-refractivity contribution is 6.04. The smallest absolute Gasteiger partial charge is 0.417 e. The lowest BCUT2D eigenvalue weighted by Gasteiger charge is -2.26. The van der Waals surface area contributed by atoms with E-state index in [0.717, 1.165) is 22.2 Å². The van der Waals surface area contributed by atoms with Crippen LogP contribution in [0, 0.1) is 11.8 Å². The number of nitrogens with one attached hydrogen (secondary N) is 1. The minimum atomic E-state index is -0.713. The van der Waals surface area contributed by atoms with Crippen LogP contribution >= 0.6 is 0 Å². The van der Waals surface area contributed by atoms with Crippen molar-refractivity contribution in [3.8, 4) is 0 Å². The van der Waals surface area contributed by atoms with E-state index in [4.69, 9.17) is 9.47 Å². The fourth-order valence-corrected chi connectivity index (χ4v) is 3.62. The first-order chi connectivity index (χ1) is 15.7. The first kappa shape index (κ1) is 24.6. The van der Waals surface area contributed by atoms with Gasteiger partial charge in [-0.15, -0.1) is 0 Å². The van der Waals surface area contributed by atoms with Crippen molar-refractivity contribution in [3.63, 3.8) is 0 Å². The molecule has 1 fully saturated rings. The lowest BCUT2D eigenvalue weighted by Crippen LogP contribution is -2.42. The molecule has 8 nitrogen and oxygen atoms in total. The second-order valence-electron chi connectivity index (χ2n) is 9.26. The van der Waals surface area contributed by atoms with Crippen LogP contribution in [0.3, 0.4) is 0 Å². The van der Waals surface area contributed by atoms with E-state index in [1.165, 1.54) is 0 Å². The lowest BCUT2D eigenvalue weighted by atomic mass is 10.1. The largest absolute Gasteiger partial charge is 0.466 e. The van der Waals surface area contributed by atoms with Gasteiger partial charge in [0.15, 0.2) is 0 Å². The Morgan fingerprint density at radius 3 is 2.73 bits per heavy atom. The molecule has 2 aromatic rings. The van der Waals surface area contributed by atoms with E-state index >= 15 is 0 Å². The summed E-state index contributed by atoms with van der Waals surface area (Å²) in [5.41, 5.74) is 0.475. The van der Waals surface area contributed by atoms with E-state index in [0.29, 0.717) is 37.6 Å². The Labute approximate surface area is 194 Å². The molecule has 1 aliphatic carbocycles. The fourth-order valence-electron chi connectivity index (χ4n) is 3.62. The minimum absolute atomic E-state index is 0.0142. The number of carbonyl (C=O) groups is 3. The molecule has 1 aromatic heterocycles. The van der Waals surface area contributed by atoms with Crippen LogP contribution < -0.4 is 5.32 Å². The van der Waals surface area contributed by atoms with Gasteiger partial charge in [-0.3, -0.25) is 14.6 Å². The molecule has 1 aliphatic rings. The molecule has 1 saturated carbocycles. The normalized spacial score (nSPS) is 17.5. The molecule has 1 N–H and O–H groups in total. The number of ether oxygens (including phenoxy) is 2. The summed E-state index contributed by atoms with van der Waals surface area (Å²) in [7, 11) is 0. The molecule has 178 valence electrons. The van der Waals surface area contributed by atoms with Crippen molar-refractivity contribution in [2.75, 3.05) is 26.2 Å². The summed E-state index contributed by atoms with van der Waals surface area (Å²) in [6.07, 6.45) is 2.44. The van der Waals surface area contributed by atoms with Crippen LogP contribution in [-0.4, -0.2) is 59.7 Å². The number of imide groups is 1. The number of aromatic nitrogens is 1. The van der Waals surface area contributed by atoms with Gasteiger partial charge >= 0.3 is 12.1 Å². The minimum Gasteiger partial charge on any atom is -0.466 e. The molecular formula is C25H33N3O5. The molecule has 8 heteroatoms. The number of fused-ring (bicyclic) bond motifs is 1. The average Bonchev–Trinajstić information content (AvgIpc) is 3.54. The standard InChI is InChI=1S/C25H33N3O5/c1-5-32-23(30)20-15-19(20)16-26-11-7-13-28(24(31)33-25(2,3)4)22(29)18-9-10-21-17(14-18)8-6-12-27-21/h6,8-10,12,14,19-20,26H,5,7,11,13,15-16H2,1-4H3. The number of amides is 2. The summed E-state index contributed by atoms with van der Waals surface area (Å²) in [5.74, 6) is -0.255. The first-order valence-electron chi connectivity index (χ1n) is 11.5. The van der Waals surface area contributed by atoms with Crippen LogP contribution in [0.2, 0.25) is 0 Å². The molecule has 0 radical (unpaired) electrons. The Balaban J connectivity index is 1.58. The van der Waals surface area contributed by atoms with Crippen molar-refractivity contribution >= 4 is 28.9 Å². The molecule has 2 unspecified atom stereocenters. The van der Waals surface area contributed by atoms with Crippen LogP contribution in [0.4, 0.5) is 4.79 Å². The maximum atomic E-state index is 13.2. The third kappa shape index (κ3) is 6.99. The number of esters is 1. The Morgan fingerprint density at radius 1 is 1.21 bits per heavy atom. The van der Waals surface area contributed by atoms with E-state index in [-0.39, 0.29) is 18.4 Å². The zero-order chi connectivity index (χ0) is 24.0. The molecule has 0 spiro atoms. The van der Waals surface area contributed by atoms with Crippen LogP contribution in [0.1, 0.15) is 50.9 Å². The van der Waals surface area contributed by atoms with Gasteiger partial charge in [-0.2, -0.15) is 0 Å². The quantitative estimate of drug-likeness (QED) is 0.454. The van der Waals surface area contributed by atoms with Gasteiger partial charge in [0, 0.05) is 23.7 Å². The SMILES string of the molecule is CCOC(=O)C1CC1CNCCCN(C(=O)OC(C)(C)C)C(=O)c1ccc2ncccc2c1. The van der Waals surface area contributed by atoms with Crippen LogP contribution in [0.5, 0.6) is 0 Å². The average molecular weight is 456 g/mol. The Hall–Kier alpha value is -3.00. The van der Waals surface area contributed by atoms with Gasteiger partial charge < -0.3 is 14.8 Å². The van der Waals surface area contributed by atoms with Crippen LogP contribution in [0.15, 0.2) is 36.5 Å². The molecule has 0 saturated heterocycles. The maximum absolute atomic E-state index is 13.2. The van der Waals surface area contributed by atoms with Crippen LogP contribution in [0.25, 0.3) is 10.9 Å². The van der Waals surface area contributed by atoms with E-state index < -0.39 is 17.6 Å². The first-order valence-corrected chi connectivity index (χ1v) is 11.5. The van der Waals surface area contributed by atoms with Gasteiger partial charge in [-0.25, -0.2) is 9.69 Å². The zero-order valence-electron chi connectivity index (χ0n) is 19.8. The molecule has 1 aromatic carbocycles. The number of carbonyl (C=O) groups excluding carboxylic acids is 3. The molecular weight excluding hydrogens is 422 g/mol. The molecule has 33 heavy (non-hydrogen) atoms. The van der Waals surface area contributed by atoms with E-state index in [1.54, 1.807) is 58.2 Å². The number of hydrogen-bond donors (Lipinski definition) is 1. The predicted octanol–water partition coefficient (Wildman–Crippen LogP) is 3.79. The maximum Gasteiger partial charge on any atom is 0.417 e. The van der Waals surface area contributed by atoms with Gasteiger partial charge in [-0.05, 0) is 83.8 Å². The van der Waals surface area contributed by atoms with E-state index in [1.807, 2.05) is 6.07 Å². The highest BCUT2D eigenvalue weighted by atomic mass is 16.6. The molecule has 3 rings (SSSR count).